The molecule has 1 heterocycles. The van der Waals surface area contributed by atoms with Crippen molar-refractivity contribution in [1.82, 2.24) is 15.0 Å². The summed E-state index contributed by atoms with van der Waals surface area (Å²) in [7, 11) is -1.42. The second-order valence-electron chi connectivity index (χ2n) is 7.07. The van der Waals surface area contributed by atoms with E-state index in [4.69, 9.17) is 0 Å². The van der Waals surface area contributed by atoms with E-state index in [9.17, 15) is 18.9 Å². The maximum atomic E-state index is 12.2. The first-order valence-electron chi connectivity index (χ1n) is 9.87. The van der Waals surface area contributed by atoms with Crippen LogP contribution >= 0.6 is 0 Å². The molecule has 0 saturated carbocycles. The molecule has 3 aromatic rings. The third kappa shape index (κ3) is 7.00. The second-order valence-corrected chi connectivity index (χ2v) is 8.22. The lowest BCUT2D eigenvalue weighted by atomic mass is 10.0. The van der Waals surface area contributed by atoms with Crippen molar-refractivity contribution in [2.24, 2.45) is 0 Å². The van der Waals surface area contributed by atoms with Gasteiger partial charge < -0.3 is 15.7 Å². The molecule has 0 aliphatic carbocycles. The lowest BCUT2D eigenvalue weighted by Gasteiger charge is -2.13. The second kappa shape index (κ2) is 11.2. The molecular formula is C23H24N4O4S. The maximum absolute atomic E-state index is 12.2. The number of rotatable bonds is 9. The molecule has 3 rings (SSSR count). The molecule has 2 unspecified atom stereocenters. The van der Waals surface area contributed by atoms with Gasteiger partial charge in [0.05, 0.1) is 23.2 Å². The van der Waals surface area contributed by atoms with Crippen molar-refractivity contribution in [3.8, 4) is 11.1 Å². The highest BCUT2D eigenvalue weighted by Gasteiger charge is 2.18. The van der Waals surface area contributed by atoms with Crippen LogP contribution in [0.5, 0.6) is 0 Å². The van der Waals surface area contributed by atoms with Gasteiger partial charge in [-0.3, -0.25) is 9.78 Å². The third-order valence-corrected chi connectivity index (χ3v) is 5.23. The summed E-state index contributed by atoms with van der Waals surface area (Å²) in [6.45, 7) is 0.325. The predicted octanol–water partition coefficient (Wildman–Crippen LogP) is 2.95. The summed E-state index contributed by atoms with van der Waals surface area (Å²) in [5.41, 5.74) is 4.04. The molecule has 0 saturated heterocycles. The summed E-state index contributed by atoms with van der Waals surface area (Å²) in [5, 5.41) is 14.9. The van der Waals surface area contributed by atoms with Gasteiger partial charge in [-0.05, 0) is 47.4 Å². The Morgan fingerprint density at radius 1 is 1.03 bits per heavy atom. The highest BCUT2D eigenvalue weighted by molar-refractivity contribution is 7.82. The smallest absolute Gasteiger partial charge is 0.321 e. The van der Waals surface area contributed by atoms with Crippen LogP contribution in [0.1, 0.15) is 11.3 Å². The first-order chi connectivity index (χ1) is 15.4. The fraction of sp³-hybridized carbons (Fsp3) is 0.174. The van der Waals surface area contributed by atoms with Gasteiger partial charge in [-0.25, -0.2) is 13.7 Å². The van der Waals surface area contributed by atoms with Gasteiger partial charge in [0, 0.05) is 18.1 Å². The fourth-order valence-electron chi connectivity index (χ4n) is 3.07. The molecule has 0 fully saturated rings. The molecule has 2 atom stereocenters. The van der Waals surface area contributed by atoms with Crippen molar-refractivity contribution in [1.29, 1.82) is 0 Å². The zero-order valence-corrected chi connectivity index (χ0v) is 18.3. The van der Waals surface area contributed by atoms with E-state index in [1.54, 1.807) is 12.3 Å². The Morgan fingerprint density at radius 2 is 1.81 bits per heavy atom. The molecule has 9 heteroatoms. The van der Waals surface area contributed by atoms with Crippen molar-refractivity contribution in [3.05, 3.63) is 84.2 Å². The number of pyridine rings is 1. The van der Waals surface area contributed by atoms with Crippen LogP contribution in [0.3, 0.4) is 0 Å². The molecule has 1 aromatic heterocycles. The number of anilines is 1. The highest BCUT2D eigenvalue weighted by Crippen LogP contribution is 2.23. The zero-order valence-electron chi connectivity index (χ0n) is 17.4. The SMILES string of the molecule is CS(=O)NC(Cc1ccc(-c2cccc(NC(=O)NCc3ccccn3)c2)cc1)C(=O)O. The van der Waals surface area contributed by atoms with E-state index in [1.807, 2.05) is 60.7 Å². The Labute approximate surface area is 188 Å². The van der Waals surface area contributed by atoms with Crippen molar-refractivity contribution < 1.29 is 18.9 Å². The monoisotopic (exact) mass is 452 g/mol. The van der Waals surface area contributed by atoms with E-state index in [-0.39, 0.29) is 12.5 Å². The van der Waals surface area contributed by atoms with E-state index in [2.05, 4.69) is 20.3 Å². The van der Waals surface area contributed by atoms with E-state index < -0.39 is 23.0 Å². The molecule has 0 aliphatic rings. The van der Waals surface area contributed by atoms with Gasteiger partial charge in [0.15, 0.2) is 0 Å². The predicted molar refractivity (Wildman–Crippen MR) is 124 cm³/mol. The average Bonchev–Trinajstić information content (AvgIpc) is 2.78. The molecular weight excluding hydrogens is 428 g/mol. The van der Waals surface area contributed by atoms with Gasteiger partial charge in [0.25, 0.3) is 0 Å². The molecule has 8 nitrogen and oxygen atoms in total. The highest BCUT2D eigenvalue weighted by atomic mass is 32.2. The molecule has 2 aromatic carbocycles. The van der Waals surface area contributed by atoms with Gasteiger partial charge in [-0.1, -0.05) is 42.5 Å². The third-order valence-electron chi connectivity index (χ3n) is 4.61. The molecule has 32 heavy (non-hydrogen) atoms. The van der Waals surface area contributed by atoms with Gasteiger partial charge in [0.1, 0.15) is 6.04 Å². The Kier molecular flexibility index (Phi) is 8.07. The number of hydrogen-bond donors (Lipinski definition) is 4. The van der Waals surface area contributed by atoms with Gasteiger partial charge >= 0.3 is 12.0 Å². The largest absolute Gasteiger partial charge is 0.480 e. The Hall–Kier alpha value is -3.56. The number of benzene rings is 2. The van der Waals surface area contributed by atoms with Gasteiger partial charge in [0.2, 0.25) is 0 Å². The number of urea groups is 1. The van der Waals surface area contributed by atoms with Crippen molar-refractivity contribution in [2.45, 2.75) is 19.0 Å². The molecule has 0 aliphatic heterocycles. The van der Waals surface area contributed by atoms with Crippen LogP contribution in [0.15, 0.2) is 72.9 Å². The van der Waals surface area contributed by atoms with Crippen LogP contribution in [0, 0.1) is 0 Å². The van der Waals surface area contributed by atoms with Crippen LogP contribution in [0.4, 0.5) is 10.5 Å². The minimum absolute atomic E-state index is 0.216. The Balaban J connectivity index is 1.62. The van der Waals surface area contributed by atoms with E-state index in [1.165, 1.54) is 6.26 Å². The Bertz CT molecular complexity index is 1090. The van der Waals surface area contributed by atoms with Crippen LogP contribution in [-0.4, -0.2) is 38.6 Å². The average molecular weight is 453 g/mol. The summed E-state index contributed by atoms with van der Waals surface area (Å²) in [6.07, 6.45) is 3.29. The first-order valence-corrected chi connectivity index (χ1v) is 11.4. The number of nitrogens with one attached hydrogen (secondary N) is 3. The molecule has 4 N–H and O–H groups in total. The number of carboxylic acid groups (broad SMARTS) is 1. The number of nitrogens with zero attached hydrogens (tertiary/aromatic N) is 1. The maximum Gasteiger partial charge on any atom is 0.321 e. The first kappa shape index (κ1) is 23.1. The number of aromatic nitrogens is 1. The van der Waals surface area contributed by atoms with Crippen LogP contribution in [0.2, 0.25) is 0 Å². The topological polar surface area (TPSA) is 120 Å². The lowest BCUT2D eigenvalue weighted by Crippen LogP contribution is -2.39. The lowest BCUT2D eigenvalue weighted by molar-refractivity contribution is -0.138. The van der Waals surface area contributed by atoms with Crippen LogP contribution in [-0.2, 0) is 28.7 Å². The standard InChI is InChI=1S/C23H24N4O4S/c1-32(31)27-21(22(28)29)13-16-8-10-17(11-9-16)18-5-4-7-19(14-18)26-23(30)25-15-20-6-2-3-12-24-20/h2-12,14,21,27H,13,15H2,1H3,(H,28,29)(H2,25,26,30). The van der Waals surface area contributed by atoms with E-state index >= 15 is 0 Å². The minimum atomic E-state index is -1.42. The summed E-state index contributed by atoms with van der Waals surface area (Å²) in [4.78, 5) is 27.7. The van der Waals surface area contributed by atoms with E-state index in [0.717, 1.165) is 22.4 Å². The number of carbonyl (C=O) groups is 2. The number of hydrogen-bond acceptors (Lipinski definition) is 4. The van der Waals surface area contributed by atoms with Crippen molar-refractivity contribution in [2.75, 3.05) is 11.6 Å². The Morgan fingerprint density at radius 3 is 2.47 bits per heavy atom. The molecule has 2 amide bonds. The summed E-state index contributed by atoms with van der Waals surface area (Å²) in [5.74, 6) is -1.05. The van der Waals surface area contributed by atoms with Gasteiger partial charge in [-0.15, -0.1) is 0 Å². The number of carboxylic acids is 1. The molecule has 166 valence electrons. The fourth-order valence-corrected chi connectivity index (χ4v) is 3.66. The molecule has 0 radical (unpaired) electrons. The van der Waals surface area contributed by atoms with Crippen LogP contribution in [0.25, 0.3) is 11.1 Å². The van der Waals surface area contributed by atoms with Crippen molar-refractivity contribution >= 4 is 28.7 Å². The minimum Gasteiger partial charge on any atom is -0.480 e. The van der Waals surface area contributed by atoms with Crippen LogP contribution < -0.4 is 15.4 Å². The zero-order chi connectivity index (χ0) is 22.9. The normalized spacial score (nSPS) is 12.5. The number of carbonyl (C=O) groups excluding carboxylic acids is 1. The summed E-state index contributed by atoms with van der Waals surface area (Å²) >= 11 is 0. The summed E-state index contributed by atoms with van der Waals surface area (Å²) < 4.78 is 13.9. The molecule has 0 spiro atoms. The quantitative estimate of drug-likeness (QED) is 0.398. The number of aliphatic carboxylic acids is 1. The number of amides is 2. The summed E-state index contributed by atoms with van der Waals surface area (Å²) in [6, 6.07) is 19.1. The van der Waals surface area contributed by atoms with E-state index in [0.29, 0.717) is 12.2 Å². The van der Waals surface area contributed by atoms with Gasteiger partial charge in [-0.2, -0.15) is 0 Å². The van der Waals surface area contributed by atoms with Crippen molar-refractivity contribution in [3.63, 3.8) is 0 Å². The molecule has 0 bridgehead atoms.